The SMILES string of the molecule is CNC(=O)C1(c2ccc(F)cc2F)CCCC1. The second-order valence-corrected chi connectivity index (χ2v) is 4.49. The third-order valence-corrected chi connectivity index (χ3v) is 3.57. The summed E-state index contributed by atoms with van der Waals surface area (Å²) in [5, 5.41) is 2.59. The van der Waals surface area contributed by atoms with E-state index < -0.39 is 17.0 Å². The van der Waals surface area contributed by atoms with Crippen LogP contribution in [-0.2, 0) is 10.2 Å². The minimum absolute atomic E-state index is 0.180. The Morgan fingerprint density at radius 2 is 1.94 bits per heavy atom. The lowest BCUT2D eigenvalue weighted by Gasteiger charge is -2.27. The first-order chi connectivity index (χ1) is 8.10. The van der Waals surface area contributed by atoms with E-state index in [1.54, 1.807) is 7.05 Å². The van der Waals surface area contributed by atoms with Gasteiger partial charge < -0.3 is 5.32 Å². The molecule has 1 aromatic rings. The number of carbonyl (C=O) groups excluding carboxylic acids is 1. The highest BCUT2D eigenvalue weighted by Crippen LogP contribution is 2.42. The van der Waals surface area contributed by atoms with Gasteiger partial charge in [0.15, 0.2) is 0 Å². The van der Waals surface area contributed by atoms with Crippen LogP contribution in [0.4, 0.5) is 8.78 Å². The molecule has 17 heavy (non-hydrogen) atoms. The maximum absolute atomic E-state index is 13.8. The number of amides is 1. The number of nitrogens with one attached hydrogen (secondary N) is 1. The maximum atomic E-state index is 13.8. The van der Waals surface area contributed by atoms with E-state index in [1.165, 1.54) is 12.1 Å². The average molecular weight is 239 g/mol. The van der Waals surface area contributed by atoms with Crippen LogP contribution in [0.25, 0.3) is 0 Å². The highest BCUT2D eigenvalue weighted by Gasteiger charge is 2.43. The van der Waals surface area contributed by atoms with Crippen LogP contribution in [0.15, 0.2) is 18.2 Å². The third-order valence-electron chi connectivity index (χ3n) is 3.57. The van der Waals surface area contributed by atoms with Crippen molar-refractivity contribution < 1.29 is 13.6 Å². The van der Waals surface area contributed by atoms with E-state index in [0.717, 1.165) is 18.9 Å². The highest BCUT2D eigenvalue weighted by molar-refractivity contribution is 5.88. The molecule has 1 N–H and O–H groups in total. The van der Waals surface area contributed by atoms with Gasteiger partial charge in [-0.3, -0.25) is 4.79 Å². The van der Waals surface area contributed by atoms with Crippen molar-refractivity contribution >= 4 is 5.91 Å². The zero-order chi connectivity index (χ0) is 12.5. The molecule has 2 nitrogen and oxygen atoms in total. The molecule has 1 aliphatic carbocycles. The van der Waals surface area contributed by atoms with Crippen LogP contribution < -0.4 is 5.32 Å². The summed E-state index contributed by atoms with van der Waals surface area (Å²) >= 11 is 0. The number of benzene rings is 1. The quantitative estimate of drug-likeness (QED) is 0.844. The Labute approximate surface area is 99.0 Å². The first-order valence-corrected chi connectivity index (χ1v) is 5.78. The van der Waals surface area contributed by atoms with Gasteiger partial charge in [0.05, 0.1) is 5.41 Å². The number of hydrogen-bond donors (Lipinski definition) is 1. The summed E-state index contributed by atoms with van der Waals surface area (Å²) in [6.45, 7) is 0. The molecule has 92 valence electrons. The molecule has 0 heterocycles. The number of likely N-dealkylation sites (N-methyl/N-ethyl adjacent to an activating group) is 1. The van der Waals surface area contributed by atoms with Gasteiger partial charge in [-0.05, 0) is 18.9 Å². The van der Waals surface area contributed by atoms with Gasteiger partial charge in [-0.2, -0.15) is 0 Å². The summed E-state index contributed by atoms with van der Waals surface area (Å²) in [4.78, 5) is 12.0. The molecule has 0 atom stereocenters. The largest absolute Gasteiger partial charge is 0.358 e. The molecule has 4 heteroatoms. The molecule has 1 amide bonds. The Bertz CT molecular complexity index is 439. The van der Waals surface area contributed by atoms with E-state index >= 15 is 0 Å². The Kier molecular flexibility index (Phi) is 3.13. The Morgan fingerprint density at radius 1 is 1.29 bits per heavy atom. The zero-order valence-electron chi connectivity index (χ0n) is 9.72. The van der Waals surface area contributed by atoms with Crippen molar-refractivity contribution in [1.29, 1.82) is 0 Å². The predicted molar refractivity (Wildman–Crippen MR) is 60.6 cm³/mol. The van der Waals surface area contributed by atoms with E-state index in [-0.39, 0.29) is 5.91 Å². The van der Waals surface area contributed by atoms with Gasteiger partial charge >= 0.3 is 0 Å². The molecular weight excluding hydrogens is 224 g/mol. The van der Waals surface area contributed by atoms with Crippen LogP contribution >= 0.6 is 0 Å². The van der Waals surface area contributed by atoms with Crippen molar-refractivity contribution in [3.63, 3.8) is 0 Å². The standard InChI is InChI=1S/C13H15F2NO/c1-16-12(17)13(6-2-3-7-13)10-5-4-9(14)8-11(10)15/h4-5,8H,2-3,6-7H2,1H3,(H,16,17). The molecule has 0 unspecified atom stereocenters. The van der Waals surface area contributed by atoms with E-state index in [2.05, 4.69) is 5.32 Å². The number of halogens is 2. The van der Waals surface area contributed by atoms with Gasteiger partial charge in [-0.15, -0.1) is 0 Å². The second kappa shape index (κ2) is 4.43. The van der Waals surface area contributed by atoms with Crippen LogP contribution in [-0.4, -0.2) is 13.0 Å². The molecule has 0 aromatic heterocycles. The lowest BCUT2D eigenvalue weighted by molar-refractivity contribution is -0.126. The van der Waals surface area contributed by atoms with Crippen molar-refractivity contribution in [3.8, 4) is 0 Å². The van der Waals surface area contributed by atoms with Crippen LogP contribution in [0.1, 0.15) is 31.2 Å². The number of rotatable bonds is 2. The Morgan fingerprint density at radius 3 is 2.47 bits per heavy atom. The Balaban J connectivity index is 2.49. The van der Waals surface area contributed by atoms with Crippen LogP contribution in [0.2, 0.25) is 0 Å². The average Bonchev–Trinajstić information content (AvgIpc) is 2.78. The highest BCUT2D eigenvalue weighted by atomic mass is 19.1. The molecule has 0 bridgehead atoms. The predicted octanol–water partition coefficient (Wildman–Crippen LogP) is 2.52. The molecular formula is C13H15F2NO. The molecule has 1 saturated carbocycles. The van der Waals surface area contributed by atoms with E-state index in [9.17, 15) is 13.6 Å². The molecule has 1 aromatic carbocycles. The third kappa shape index (κ3) is 1.92. The maximum Gasteiger partial charge on any atom is 0.230 e. The molecule has 0 saturated heterocycles. The van der Waals surface area contributed by atoms with Gasteiger partial charge in [-0.25, -0.2) is 8.78 Å². The number of hydrogen-bond acceptors (Lipinski definition) is 1. The number of carbonyl (C=O) groups is 1. The van der Waals surface area contributed by atoms with Gasteiger partial charge in [0, 0.05) is 18.7 Å². The van der Waals surface area contributed by atoms with Crippen molar-refractivity contribution in [3.05, 3.63) is 35.4 Å². The molecule has 0 spiro atoms. The molecule has 1 aliphatic rings. The lowest BCUT2D eigenvalue weighted by Crippen LogP contribution is -2.41. The lowest BCUT2D eigenvalue weighted by atomic mass is 9.77. The van der Waals surface area contributed by atoms with E-state index in [1.807, 2.05) is 0 Å². The van der Waals surface area contributed by atoms with Crippen molar-refractivity contribution in [2.24, 2.45) is 0 Å². The van der Waals surface area contributed by atoms with Crippen molar-refractivity contribution in [2.45, 2.75) is 31.1 Å². The van der Waals surface area contributed by atoms with Gasteiger partial charge in [-0.1, -0.05) is 18.9 Å². The molecule has 2 rings (SSSR count). The zero-order valence-corrected chi connectivity index (χ0v) is 9.72. The first kappa shape index (κ1) is 12.0. The Hall–Kier alpha value is -1.45. The fourth-order valence-electron chi connectivity index (χ4n) is 2.71. The van der Waals surface area contributed by atoms with Gasteiger partial charge in [0.25, 0.3) is 0 Å². The van der Waals surface area contributed by atoms with Crippen LogP contribution in [0.3, 0.4) is 0 Å². The first-order valence-electron chi connectivity index (χ1n) is 5.78. The van der Waals surface area contributed by atoms with Crippen LogP contribution in [0, 0.1) is 11.6 Å². The molecule has 0 aliphatic heterocycles. The summed E-state index contributed by atoms with van der Waals surface area (Å²) < 4.78 is 26.7. The van der Waals surface area contributed by atoms with E-state index in [0.29, 0.717) is 18.4 Å². The minimum Gasteiger partial charge on any atom is -0.358 e. The van der Waals surface area contributed by atoms with Gasteiger partial charge in [0.2, 0.25) is 5.91 Å². The van der Waals surface area contributed by atoms with Crippen molar-refractivity contribution in [2.75, 3.05) is 7.05 Å². The fraction of sp³-hybridized carbons (Fsp3) is 0.462. The minimum atomic E-state index is -0.813. The normalized spacial score (nSPS) is 18.1. The second-order valence-electron chi connectivity index (χ2n) is 4.49. The molecule has 1 fully saturated rings. The topological polar surface area (TPSA) is 29.1 Å². The smallest absolute Gasteiger partial charge is 0.230 e. The fourth-order valence-corrected chi connectivity index (χ4v) is 2.71. The van der Waals surface area contributed by atoms with Crippen LogP contribution in [0.5, 0.6) is 0 Å². The summed E-state index contributed by atoms with van der Waals surface area (Å²) in [5.41, 5.74) is -0.497. The summed E-state index contributed by atoms with van der Waals surface area (Å²) in [7, 11) is 1.55. The summed E-state index contributed by atoms with van der Waals surface area (Å²) in [6.07, 6.45) is 3.03. The van der Waals surface area contributed by atoms with E-state index in [4.69, 9.17) is 0 Å². The monoisotopic (exact) mass is 239 g/mol. The van der Waals surface area contributed by atoms with Gasteiger partial charge in [0.1, 0.15) is 11.6 Å². The van der Waals surface area contributed by atoms with Crippen molar-refractivity contribution in [1.82, 2.24) is 5.32 Å². The summed E-state index contributed by atoms with van der Waals surface area (Å²) in [5.74, 6) is -1.42. The summed E-state index contributed by atoms with van der Waals surface area (Å²) in [6, 6.07) is 3.45. The molecule has 0 radical (unpaired) electrons.